The lowest BCUT2D eigenvalue weighted by Crippen LogP contribution is -2.29. The summed E-state index contributed by atoms with van der Waals surface area (Å²) in [6, 6.07) is 22.5. The second-order valence-electron chi connectivity index (χ2n) is 9.73. The number of nitrogens with one attached hydrogen (secondary N) is 2. The fourth-order valence-corrected chi connectivity index (χ4v) is 5.77. The molecular formula is C30H31N5OS. The van der Waals surface area contributed by atoms with Crippen molar-refractivity contribution >= 4 is 34.6 Å². The van der Waals surface area contributed by atoms with Gasteiger partial charge in [0.25, 0.3) is 0 Å². The maximum Gasteiger partial charge on any atom is 0.221 e. The van der Waals surface area contributed by atoms with E-state index in [1.54, 1.807) is 0 Å². The highest BCUT2D eigenvalue weighted by Gasteiger charge is 2.42. The highest BCUT2D eigenvalue weighted by molar-refractivity contribution is 7.80. The van der Waals surface area contributed by atoms with Crippen LogP contribution >= 0.6 is 12.2 Å². The van der Waals surface area contributed by atoms with E-state index in [4.69, 9.17) is 12.2 Å². The minimum absolute atomic E-state index is 0.0990. The van der Waals surface area contributed by atoms with Crippen molar-refractivity contribution in [3.8, 4) is 5.69 Å². The van der Waals surface area contributed by atoms with Gasteiger partial charge in [-0.2, -0.15) is 0 Å². The minimum Gasteiger partial charge on any atom is -0.351 e. The summed E-state index contributed by atoms with van der Waals surface area (Å²) in [6.45, 7) is 10.1. The van der Waals surface area contributed by atoms with E-state index in [0.717, 1.165) is 28.5 Å². The Hall–Kier alpha value is -3.97. The summed E-state index contributed by atoms with van der Waals surface area (Å²) in [5.74, 6) is -0.0990. The second-order valence-corrected chi connectivity index (χ2v) is 10.1. The molecule has 1 amide bonds. The summed E-state index contributed by atoms with van der Waals surface area (Å²) in [6.07, 6.45) is 1.82. The van der Waals surface area contributed by atoms with Gasteiger partial charge in [-0.25, -0.2) is 0 Å². The maximum absolute atomic E-state index is 11.5. The number of hydrogen-bond donors (Lipinski definition) is 2. The molecule has 3 heterocycles. The minimum atomic E-state index is -0.128. The Morgan fingerprint density at radius 3 is 2.27 bits per heavy atom. The van der Waals surface area contributed by atoms with Gasteiger partial charge < -0.3 is 20.1 Å². The summed E-state index contributed by atoms with van der Waals surface area (Å²) in [5, 5.41) is 7.03. The van der Waals surface area contributed by atoms with Gasteiger partial charge in [0.15, 0.2) is 5.11 Å². The van der Waals surface area contributed by atoms with Crippen molar-refractivity contribution in [1.29, 1.82) is 0 Å². The number of rotatable bonds is 5. The zero-order valence-electron chi connectivity index (χ0n) is 21.7. The molecule has 2 atom stereocenters. The molecule has 6 nitrogen and oxygen atoms in total. The molecule has 0 bridgehead atoms. The van der Waals surface area contributed by atoms with E-state index in [-0.39, 0.29) is 18.0 Å². The third-order valence-electron chi connectivity index (χ3n) is 6.82. The van der Waals surface area contributed by atoms with Gasteiger partial charge in [-0.1, -0.05) is 12.1 Å². The third kappa shape index (κ3) is 4.74. The normalized spacial score (nSPS) is 17.1. The van der Waals surface area contributed by atoms with Crippen molar-refractivity contribution in [1.82, 2.24) is 14.9 Å². The van der Waals surface area contributed by atoms with Crippen LogP contribution in [0.3, 0.4) is 0 Å². The first kappa shape index (κ1) is 24.7. The van der Waals surface area contributed by atoms with Crippen LogP contribution < -0.4 is 15.5 Å². The van der Waals surface area contributed by atoms with Crippen molar-refractivity contribution in [3.05, 3.63) is 107 Å². The Labute approximate surface area is 223 Å². The molecule has 0 saturated carbocycles. The average Bonchev–Trinajstić information content (AvgIpc) is 3.34. The first-order valence-corrected chi connectivity index (χ1v) is 12.8. The first-order valence-electron chi connectivity index (χ1n) is 12.4. The maximum atomic E-state index is 11.5. The molecule has 188 valence electrons. The number of thiocarbonyl (C=S) groups is 1. The smallest absolute Gasteiger partial charge is 0.221 e. The number of amides is 1. The van der Waals surface area contributed by atoms with Gasteiger partial charge in [-0.3, -0.25) is 9.78 Å². The zero-order valence-corrected chi connectivity index (χ0v) is 22.6. The van der Waals surface area contributed by atoms with Crippen LogP contribution in [0.2, 0.25) is 0 Å². The topological polar surface area (TPSA) is 62.2 Å². The zero-order chi connectivity index (χ0) is 26.3. The lowest BCUT2D eigenvalue weighted by molar-refractivity contribution is -0.114. The molecule has 5 rings (SSSR count). The van der Waals surface area contributed by atoms with Crippen LogP contribution in [-0.4, -0.2) is 20.6 Å². The predicted molar refractivity (Wildman–Crippen MR) is 153 cm³/mol. The van der Waals surface area contributed by atoms with Crippen molar-refractivity contribution < 1.29 is 4.79 Å². The van der Waals surface area contributed by atoms with Gasteiger partial charge in [-0.15, -0.1) is 0 Å². The summed E-state index contributed by atoms with van der Waals surface area (Å²) >= 11 is 5.90. The molecule has 4 aromatic rings. The number of carbonyl (C=O) groups excluding carboxylic acids is 1. The van der Waals surface area contributed by atoms with Crippen LogP contribution in [0.25, 0.3) is 5.69 Å². The van der Waals surface area contributed by atoms with E-state index in [2.05, 4.69) is 77.0 Å². The van der Waals surface area contributed by atoms with Gasteiger partial charge in [0, 0.05) is 41.6 Å². The fraction of sp³-hybridized carbons (Fsp3) is 0.233. The van der Waals surface area contributed by atoms with Gasteiger partial charge in [0.2, 0.25) is 5.91 Å². The van der Waals surface area contributed by atoms with Crippen molar-refractivity contribution in [2.75, 3.05) is 10.2 Å². The molecule has 1 fully saturated rings. The summed E-state index contributed by atoms with van der Waals surface area (Å²) in [7, 11) is 0. The molecule has 2 aromatic heterocycles. The molecule has 0 radical (unpaired) electrons. The third-order valence-corrected chi connectivity index (χ3v) is 7.13. The first-order chi connectivity index (χ1) is 17.7. The largest absolute Gasteiger partial charge is 0.351 e. The molecule has 7 heteroatoms. The van der Waals surface area contributed by atoms with Gasteiger partial charge >= 0.3 is 0 Å². The van der Waals surface area contributed by atoms with Crippen molar-refractivity contribution in [2.24, 2.45) is 0 Å². The number of aryl methyl sites for hydroxylation is 3. The van der Waals surface area contributed by atoms with Crippen LogP contribution in [0.4, 0.5) is 11.4 Å². The van der Waals surface area contributed by atoms with E-state index < -0.39 is 0 Å². The van der Waals surface area contributed by atoms with E-state index >= 15 is 0 Å². The number of aromatic nitrogens is 2. The summed E-state index contributed by atoms with van der Waals surface area (Å²) in [4.78, 5) is 18.4. The Morgan fingerprint density at radius 1 is 0.946 bits per heavy atom. The van der Waals surface area contributed by atoms with Crippen LogP contribution in [0.15, 0.2) is 72.9 Å². The summed E-state index contributed by atoms with van der Waals surface area (Å²) in [5.41, 5.74) is 9.78. The van der Waals surface area contributed by atoms with E-state index in [1.807, 2.05) is 48.7 Å². The number of hydrogen-bond acceptors (Lipinski definition) is 3. The molecule has 1 saturated heterocycles. The van der Waals surface area contributed by atoms with E-state index in [1.165, 1.54) is 29.3 Å². The molecule has 1 aliphatic heterocycles. The Balaban J connectivity index is 1.64. The van der Waals surface area contributed by atoms with Crippen LogP contribution in [0.1, 0.15) is 52.8 Å². The number of benzene rings is 2. The number of anilines is 2. The number of carbonyl (C=O) groups is 1. The number of pyridine rings is 1. The lowest BCUT2D eigenvalue weighted by atomic mass is 9.96. The Bertz CT molecular complexity index is 1460. The predicted octanol–water partition coefficient (Wildman–Crippen LogP) is 6.24. The molecule has 1 aliphatic rings. The van der Waals surface area contributed by atoms with Crippen LogP contribution in [0.5, 0.6) is 0 Å². The monoisotopic (exact) mass is 509 g/mol. The molecular weight excluding hydrogens is 478 g/mol. The van der Waals surface area contributed by atoms with Crippen molar-refractivity contribution in [3.63, 3.8) is 0 Å². The highest BCUT2D eigenvalue weighted by atomic mass is 32.1. The molecule has 0 spiro atoms. The number of nitrogens with zero attached hydrogens (tertiary/aromatic N) is 3. The molecule has 0 aliphatic carbocycles. The van der Waals surface area contributed by atoms with Crippen LogP contribution in [0, 0.1) is 27.7 Å². The molecule has 37 heavy (non-hydrogen) atoms. The highest BCUT2D eigenvalue weighted by Crippen LogP contribution is 2.44. The molecule has 2 aromatic carbocycles. The average molecular weight is 510 g/mol. The summed E-state index contributed by atoms with van der Waals surface area (Å²) < 4.78 is 2.32. The fourth-order valence-electron chi connectivity index (χ4n) is 5.42. The molecule has 0 unspecified atom stereocenters. The lowest BCUT2D eigenvalue weighted by Gasteiger charge is -2.28. The van der Waals surface area contributed by atoms with Crippen LogP contribution in [-0.2, 0) is 4.79 Å². The van der Waals surface area contributed by atoms with E-state index in [0.29, 0.717) is 5.11 Å². The standard InChI is InChI=1S/C30H31N5OS/c1-18-14-19(2)16-25(15-18)34-20(3)17-26(21(34)4)29-28(27-8-6-7-13-31-27)33-30(37)35(29)24-11-9-23(10-12-24)32-22(5)36/h6-17,28-29H,1-5H3,(H,32,36)(H,33,37)/t28-,29-/m1/s1. The Morgan fingerprint density at radius 2 is 1.65 bits per heavy atom. The quantitative estimate of drug-likeness (QED) is 0.312. The molecule has 2 N–H and O–H groups in total. The van der Waals surface area contributed by atoms with Gasteiger partial charge in [0.05, 0.1) is 17.8 Å². The Kier molecular flexibility index (Phi) is 6.56. The van der Waals surface area contributed by atoms with Crippen molar-refractivity contribution in [2.45, 2.75) is 46.7 Å². The van der Waals surface area contributed by atoms with E-state index in [9.17, 15) is 4.79 Å². The SMILES string of the molecule is CC(=O)Nc1ccc(N2C(=S)N[C@H](c3ccccn3)[C@H]2c2cc(C)n(-c3cc(C)cc(C)c3)c2C)cc1. The van der Waals surface area contributed by atoms with Gasteiger partial charge in [0.1, 0.15) is 0 Å². The van der Waals surface area contributed by atoms with Gasteiger partial charge in [-0.05, 0) is 111 Å². The second kappa shape index (κ2) is 9.82.